The average molecular weight is 355 g/mol. The van der Waals surface area contributed by atoms with Gasteiger partial charge in [-0.25, -0.2) is 0 Å². The second-order valence-electron chi connectivity index (χ2n) is 6.12. The molecule has 0 radical (unpaired) electrons. The van der Waals surface area contributed by atoms with Gasteiger partial charge in [-0.1, -0.05) is 41.9 Å². The zero-order valence-electron chi connectivity index (χ0n) is 14.1. The number of hydrogen-bond donors (Lipinski definition) is 1. The molecule has 0 bridgehead atoms. The molecule has 2 aromatic carbocycles. The van der Waals surface area contributed by atoms with Crippen molar-refractivity contribution in [2.75, 3.05) is 5.32 Å². The predicted octanol–water partition coefficient (Wildman–Crippen LogP) is 4.55. The number of amides is 2. The van der Waals surface area contributed by atoms with E-state index in [-0.39, 0.29) is 24.3 Å². The van der Waals surface area contributed by atoms with Crippen LogP contribution in [-0.2, 0) is 9.59 Å². The molecular formula is C20H19ClN2O2. The minimum absolute atomic E-state index is 0.100. The van der Waals surface area contributed by atoms with Crippen molar-refractivity contribution in [1.29, 1.82) is 0 Å². The standard InChI is InChI=1S/C20H19ClN2O2/c1-13-7-8-18(17(21)11-13)22-20(25)12-19-16-6-4-3-5-15(16)9-10-23(19)14(2)24/h3-11,19H,12H2,1-2H3,(H,22,25). The maximum Gasteiger partial charge on any atom is 0.226 e. The molecule has 1 unspecified atom stereocenters. The zero-order chi connectivity index (χ0) is 18.0. The van der Waals surface area contributed by atoms with Crippen LogP contribution in [-0.4, -0.2) is 16.7 Å². The van der Waals surface area contributed by atoms with Crippen molar-refractivity contribution in [1.82, 2.24) is 4.90 Å². The van der Waals surface area contributed by atoms with Crippen LogP contribution < -0.4 is 5.32 Å². The van der Waals surface area contributed by atoms with Crippen LogP contribution in [0.2, 0.25) is 5.02 Å². The Morgan fingerprint density at radius 2 is 1.96 bits per heavy atom. The smallest absolute Gasteiger partial charge is 0.226 e. The normalized spacial score (nSPS) is 15.6. The molecule has 4 nitrogen and oxygen atoms in total. The number of nitrogens with zero attached hydrogens (tertiary/aromatic N) is 1. The summed E-state index contributed by atoms with van der Waals surface area (Å²) in [5.41, 5.74) is 3.58. The van der Waals surface area contributed by atoms with E-state index in [1.165, 1.54) is 6.92 Å². The second-order valence-corrected chi connectivity index (χ2v) is 6.53. The summed E-state index contributed by atoms with van der Waals surface area (Å²) in [6, 6.07) is 12.9. The van der Waals surface area contributed by atoms with Gasteiger partial charge < -0.3 is 10.2 Å². The van der Waals surface area contributed by atoms with Crippen molar-refractivity contribution in [2.24, 2.45) is 0 Å². The number of anilines is 1. The summed E-state index contributed by atoms with van der Waals surface area (Å²) in [5.74, 6) is -0.288. The first-order valence-corrected chi connectivity index (χ1v) is 8.45. The van der Waals surface area contributed by atoms with Crippen molar-refractivity contribution in [3.8, 4) is 0 Å². The highest BCUT2D eigenvalue weighted by Gasteiger charge is 2.28. The lowest BCUT2D eigenvalue weighted by Crippen LogP contribution is -2.33. The molecular weight excluding hydrogens is 336 g/mol. The fourth-order valence-corrected chi connectivity index (χ4v) is 3.29. The molecule has 0 saturated carbocycles. The Morgan fingerprint density at radius 3 is 2.68 bits per heavy atom. The van der Waals surface area contributed by atoms with Crippen molar-refractivity contribution in [3.05, 3.63) is 70.4 Å². The monoisotopic (exact) mass is 354 g/mol. The summed E-state index contributed by atoms with van der Waals surface area (Å²) in [4.78, 5) is 26.1. The number of aryl methyl sites for hydroxylation is 1. The van der Waals surface area contributed by atoms with Gasteiger partial charge in [-0.15, -0.1) is 0 Å². The predicted molar refractivity (Wildman–Crippen MR) is 100 cm³/mol. The number of nitrogens with one attached hydrogen (secondary N) is 1. The Hall–Kier alpha value is -2.59. The molecule has 1 aliphatic heterocycles. The molecule has 128 valence electrons. The van der Waals surface area contributed by atoms with E-state index in [0.29, 0.717) is 10.7 Å². The van der Waals surface area contributed by atoms with E-state index in [1.54, 1.807) is 23.2 Å². The van der Waals surface area contributed by atoms with Crippen LogP contribution >= 0.6 is 11.6 Å². The third-order valence-electron chi connectivity index (χ3n) is 4.25. The average Bonchev–Trinajstić information content (AvgIpc) is 2.57. The lowest BCUT2D eigenvalue weighted by Gasteiger charge is -2.32. The SMILES string of the molecule is CC(=O)N1C=Cc2ccccc2C1CC(=O)Nc1ccc(C)cc1Cl. The van der Waals surface area contributed by atoms with Gasteiger partial charge in [-0.3, -0.25) is 9.59 Å². The fourth-order valence-electron chi connectivity index (χ4n) is 3.01. The maximum atomic E-state index is 12.6. The molecule has 0 spiro atoms. The maximum absolute atomic E-state index is 12.6. The Balaban J connectivity index is 1.82. The molecule has 25 heavy (non-hydrogen) atoms. The quantitative estimate of drug-likeness (QED) is 0.878. The molecule has 0 saturated heterocycles. The molecule has 0 aromatic heterocycles. The van der Waals surface area contributed by atoms with Gasteiger partial charge in [-0.2, -0.15) is 0 Å². The zero-order valence-corrected chi connectivity index (χ0v) is 14.9. The minimum Gasteiger partial charge on any atom is -0.325 e. The Kier molecular flexibility index (Phi) is 4.91. The number of fused-ring (bicyclic) bond motifs is 1. The van der Waals surface area contributed by atoms with Gasteiger partial charge in [-0.05, 0) is 41.8 Å². The first-order valence-electron chi connectivity index (χ1n) is 8.08. The summed E-state index contributed by atoms with van der Waals surface area (Å²) in [6.07, 6.45) is 3.79. The largest absolute Gasteiger partial charge is 0.325 e. The molecule has 1 atom stereocenters. The molecule has 2 amide bonds. The van der Waals surface area contributed by atoms with Gasteiger partial charge in [0, 0.05) is 13.1 Å². The van der Waals surface area contributed by atoms with Crippen LogP contribution in [0.4, 0.5) is 5.69 Å². The lowest BCUT2D eigenvalue weighted by molar-refractivity contribution is -0.129. The van der Waals surface area contributed by atoms with Crippen LogP contribution in [0.15, 0.2) is 48.7 Å². The highest BCUT2D eigenvalue weighted by molar-refractivity contribution is 6.33. The van der Waals surface area contributed by atoms with E-state index in [0.717, 1.165) is 16.7 Å². The van der Waals surface area contributed by atoms with Crippen LogP contribution in [0.5, 0.6) is 0 Å². The number of halogens is 1. The molecule has 1 aliphatic rings. The van der Waals surface area contributed by atoms with Crippen molar-refractivity contribution < 1.29 is 9.59 Å². The molecule has 0 aliphatic carbocycles. The van der Waals surface area contributed by atoms with Gasteiger partial charge in [0.1, 0.15) is 0 Å². The van der Waals surface area contributed by atoms with E-state index in [9.17, 15) is 9.59 Å². The topological polar surface area (TPSA) is 49.4 Å². The highest BCUT2D eigenvalue weighted by Crippen LogP contribution is 2.33. The molecule has 1 heterocycles. The first kappa shape index (κ1) is 17.2. The number of carbonyl (C=O) groups is 2. The first-order chi connectivity index (χ1) is 12.0. The molecule has 3 rings (SSSR count). The van der Waals surface area contributed by atoms with Gasteiger partial charge in [0.15, 0.2) is 0 Å². The van der Waals surface area contributed by atoms with Crippen molar-refractivity contribution in [2.45, 2.75) is 26.3 Å². The van der Waals surface area contributed by atoms with Gasteiger partial charge in [0.2, 0.25) is 11.8 Å². The minimum atomic E-state index is -0.331. The lowest BCUT2D eigenvalue weighted by atomic mass is 9.93. The van der Waals surface area contributed by atoms with Crippen molar-refractivity contribution >= 4 is 35.2 Å². The van der Waals surface area contributed by atoms with Gasteiger partial charge >= 0.3 is 0 Å². The molecule has 5 heteroatoms. The third-order valence-corrected chi connectivity index (χ3v) is 4.56. The van der Waals surface area contributed by atoms with Crippen LogP contribution in [0.3, 0.4) is 0 Å². The van der Waals surface area contributed by atoms with E-state index in [1.807, 2.05) is 43.3 Å². The molecule has 0 fully saturated rings. The van der Waals surface area contributed by atoms with Crippen LogP contribution in [0.25, 0.3) is 6.08 Å². The summed E-state index contributed by atoms with van der Waals surface area (Å²) < 4.78 is 0. The number of carbonyl (C=O) groups excluding carboxylic acids is 2. The molecule has 2 aromatic rings. The fraction of sp³-hybridized carbons (Fsp3) is 0.200. The number of hydrogen-bond acceptors (Lipinski definition) is 2. The summed E-state index contributed by atoms with van der Waals surface area (Å²) in [5, 5.41) is 3.34. The summed E-state index contributed by atoms with van der Waals surface area (Å²) >= 11 is 6.19. The van der Waals surface area contributed by atoms with E-state index >= 15 is 0 Å². The number of rotatable bonds is 3. The second kappa shape index (κ2) is 7.11. The van der Waals surface area contributed by atoms with Crippen LogP contribution in [0.1, 0.15) is 36.1 Å². The van der Waals surface area contributed by atoms with E-state index in [2.05, 4.69) is 5.32 Å². The van der Waals surface area contributed by atoms with E-state index < -0.39 is 0 Å². The van der Waals surface area contributed by atoms with Gasteiger partial charge in [0.25, 0.3) is 0 Å². The third kappa shape index (κ3) is 3.74. The highest BCUT2D eigenvalue weighted by atomic mass is 35.5. The van der Waals surface area contributed by atoms with Crippen LogP contribution in [0, 0.1) is 6.92 Å². The summed E-state index contributed by atoms with van der Waals surface area (Å²) in [7, 11) is 0. The Labute approximate surface area is 152 Å². The molecule has 1 N–H and O–H groups in total. The van der Waals surface area contributed by atoms with E-state index in [4.69, 9.17) is 11.6 Å². The Bertz CT molecular complexity index is 861. The van der Waals surface area contributed by atoms with Crippen molar-refractivity contribution in [3.63, 3.8) is 0 Å². The van der Waals surface area contributed by atoms with Gasteiger partial charge in [0.05, 0.1) is 23.2 Å². The summed E-state index contributed by atoms with van der Waals surface area (Å²) in [6.45, 7) is 3.44. The number of benzene rings is 2. The Morgan fingerprint density at radius 1 is 1.20 bits per heavy atom.